The van der Waals surface area contributed by atoms with Gasteiger partial charge in [-0.05, 0) is 38.0 Å². The minimum absolute atomic E-state index is 0.0993. The zero-order valence-corrected chi connectivity index (χ0v) is 13.5. The molecule has 6 heteroatoms. The van der Waals surface area contributed by atoms with E-state index in [1.807, 2.05) is 31.2 Å². The highest BCUT2D eigenvalue weighted by molar-refractivity contribution is 5.80. The van der Waals surface area contributed by atoms with Crippen LogP contribution in [0.3, 0.4) is 0 Å². The molecule has 0 unspecified atom stereocenters. The molecule has 1 aromatic carbocycles. The van der Waals surface area contributed by atoms with Crippen LogP contribution < -0.4 is 5.32 Å². The summed E-state index contributed by atoms with van der Waals surface area (Å²) in [4.78, 5) is 16.0. The Morgan fingerprint density at radius 2 is 2.13 bits per heavy atom. The molecule has 2 aromatic rings. The molecule has 2 atom stereocenters. The number of hydrogen-bond donors (Lipinski definition) is 1. The van der Waals surface area contributed by atoms with Crippen LogP contribution in [0.25, 0.3) is 5.69 Å². The van der Waals surface area contributed by atoms with Gasteiger partial charge in [0, 0.05) is 0 Å². The van der Waals surface area contributed by atoms with E-state index in [1.165, 1.54) is 6.33 Å². The molecule has 122 valence electrons. The first-order valence-corrected chi connectivity index (χ1v) is 7.59. The number of benzene rings is 1. The van der Waals surface area contributed by atoms with E-state index < -0.39 is 6.10 Å². The molecule has 0 aliphatic heterocycles. The van der Waals surface area contributed by atoms with Crippen molar-refractivity contribution in [2.24, 2.45) is 0 Å². The van der Waals surface area contributed by atoms with Gasteiger partial charge in [0.05, 0.1) is 18.3 Å². The van der Waals surface area contributed by atoms with Crippen molar-refractivity contribution in [3.63, 3.8) is 0 Å². The molecule has 1 aromatic heterocycles. The van der Waals surface area contributed by atoms with Gasteiger partial charge in [-0.1, -0.05) is 18.2 Å². The first kappa shape index (κ1) is 16.9. The molecule has 2 rings (SSSR count). The monoisotopic (exact) mass is 314 g/mol. The van der Waals surface area contributed by atoms with E-state index in [0.29, 0.717) is 6.61 Å². The lowest BCUT2D eigenvalue weighted by atomic mass is 10.1. The molecular weight excluding hydrogens is 292 g/mol. The Hall–Kier alpha value is -2.47. The average Bonchev–Trinajstić information content (AvgIpc) is 3.09. The standard InChI is InChI=1S/C17H22N4O2/c1-4-5-10-23-14(3)17(22)20-13(2)15-6-8-16(9-7-15)21-12-18-11-19-21/h4,6-9,11-14H,1,5,10H2,2-3H3,(H,20,22)/t13-,14+/m0/s1. The van der Waals surface area contributed by atoms with Gasteiger partial charge >= 0.3 is 0 Å². The fraction of sp³-hybridized carbons (Fsp3) is 0.353. The lowest BCUT2D eigenvalue weighted by molar-refractivity contribution is -0.132. The molecule has 0 bridgehead atoms. The summed E-state index contributed by atoms with van der Waals surface area (Å²) in [5, 5.41) is 7.03. The van der Waals surface area contributed by atoms with Gasteiger partial charge in [0.25, 0.3) is 0 Å². The molecule has 23 heavy (non-hydrogen) atoms. The first-order valence-electron chi connectivity index (χ1n) is 7.59. The van der Waals surface area contributed by atoms with Crippen LogP contribution in [0, 0.1) is 0 Å². The van der Waals surface area contributed by atoms with Crippen molar-refractivity contribution in [2.75, 3.05) is 6.61 Å². The van der Waals surface area contributed by atoms with E-state index in [-0.39, 0.29) is 11.9 Å². The molecule has 1 N–H and O–H groups in total. The molecule has 0 aliphatic rings. The molecule has 1 amide bonds. The number of amides is 1. The van der Waals surface area contributed by atoms with Gasteiger partial charge in [-0.25, -0.2) is 9.67 Å². The van der Waals surface area contributed by atoms with Crippen LogP contribution in [0.2, 0.25) is 0 Å². The third kappa shape index (κ3) is 4.75. The van der Waals surface area contributed by atoms with Crippen molar-refractivity contribution >= 4 is 5.91 Å². The van der Waals surface area contributed by atoms with Crippen LogP contribution in [0.1, 0.15) is 31.9 Å². The molecule has 1 heterocycles. The molecule has 0 fully saturated rings. The normalized spacial score (nSPS) is 13.3. The number of hydrogen-bond acceptors (Lipinski definition) is 4. The fourth-order valence-electron chi connectivity index (χ4n) is 2.08. The third-order valence-electron chi connectivity index (χ3n) is 3.49. The Morgan fingerprint density at radius 1 is 1.39 bits per heavy atom. The van der Waals surface area contributed by atoms with Gasteiger partial charge in [-0.3, -0.25) is 4.79 Å². The predicted octanol–water partition coefficient (Wildman–Crippen LogP) is 2.43. The Kier molecular flexibility index (Phi) is 6.05. The topological polar surface area (TPSA) is 69.0 Å². The van der Waals surface area contributed by atoms with E-state index in [2.05, 4.69) is 22.0 Å². The summed E-state index contributed by atoms with van der Waals surface area (Å²) in [6.07, 6.45) is 5.15. The lowest BCUT2D eigenvalue weighted by Gasteiger charge is -2.18. The molecular formula is C17H22N4O2. The van der Waals surface area contributed by atoms with Crippen molar-refractivity contribution in [3.05, 3.63) is 55.1 Å². The largest absolute Gasteiger partial charge is 0.368 e. The average molecular weight is 314 g/mol. The summed E-state index contributed by atoms with van der Waals surface area (Å²) in [7, 11) is 0. The van der Waals surface area contributed by atoms with E-state index in [0.717, 1.165) is 17.7 Å². The summed E-state index contributed by atoms with van der Waals surface area (Å²) in [5.41, 5.74) is 1.94. The lowest BCUT2D eigenvalue weighted by Crippen LogP contribution is -2.36. The smallest absolute Gasteiger partial charge is 0.249 e. The van der Waals surface area contributed by atoms with Crippen LogP contribution >= 0.6 is 0 Å². The number of aromatic nitrogens is 3. The highest BCUT2D eigenvalue weighted by atomic mass is 16.5. The highest BCUT2D eigenvalue weighted by Gasteiger charge is 2.16. The second-order valence-electron chi connectivity index (χ2n) is 5.25. The van der Waals surface area contributed by atoms with Gasteiger partial charge in [0.15, 0.2) is 0 Å². The minimum Gasteiger partial charge on any atom is -0.368 e. The van der Waals surface area contributed by atoms with Crippen molar-refractivity contribution in [1.29, 1.82) is 0 Å². The van der Waals surface area contributed by atoms with Crippen LogP contribution in [0.15, 0.2) is 49.6 Å². The predicted molar refractivity (Wildman–Crippen MR) is 88.1 cm³/mol. The van der Waals surface area contributed by atoms with E-state index in [9.17, 15) is 4.79 Å². The SMILES string of the molecule is C=CCCO[C@H](C)C(=O)N[C@@H](C)c1ccc(-n2cncn2)cc1. The number of nitrogens with zero attached hydrogens (tertiary/aromatic N) is 3. The Morgan fingerprint density at radius 3 is 2.74 bits per heavy atom. The third-order valence-corrected chi connectivity index (χ3v) is 3.49. The minimum atomic E-state index is -0.480. The maximum Gasteiger partial charge on any atom is 0.249 e. The van der Waals surface area contributed by atoms with Gasteiger partial charge in [0.2, 0.25) is 5.91 Å². The second kappa shape index (κ2) is 8.24. The number of carbonyl (C=O) groups excluding carboxylic acids is 1. The van der Waals surface area contributed by atoms with Gasteiger partial charge in [-0.15, -0.1) is 6.58 Å². The first-order chi connectivity index (χ1) is 11.1. The van der Waals surface area contributed by atoms with E-state index in [1.54, 1.807) is 24.0 Å². The fourth-order valence-corrected chi connectivity index (χ4v) is 2.08. The van der Waals surface area contributed by atoms with E-state index in [4.69, 9.17) is 4.74 Å². The molecule has 0 radical (unpaired) electrons. The zero-order chi connectivity index (χ0) is 16.7. The van der Waals surface area contributed by atoms with Crippen LogP contribution in [-0.4, -0.2) is 33.4 Å². The summed E-state index contributed by atoms with van der Waals surface area (Å²) in [5.74, 6) is -0.123. The molecule has 0 spiro atoms. The summed E-state index contributed by atoms with van der Waals surface area (Å²) in [6, 6.07) is 7.71. The van der Waals surface area contributed by atoms with Gasteiger partial charge in [-0.2, -0.15) is 5.10 Å². The van der Waals surface area contributed by atoms with Crippen molar-refractivity contribution in [3.8, 4) is 5.69 Å². The van der Waals surface area contributed by atoms with Crippen LogP contribution in [0.4, 0.5) is 0 Å². The number of rotatable bonds is 8. The van der Waals surface area contributed by atoms with E-state index >= 15 is 0 Å². The summed E-state index contributed by atoms with van der Waals surface area (Å²) in [6.45, 7) is 7.82. The van der Waals surface area contributed by atoms with Crippen LogP contribution in [0.5, 0.6) is 0 Å². The quantitative estimate of drug-likeness (QED) is 0.600. The van der Waals surface area contributed by atoms with Gasteiger partial charge in [0.1, 0.15) is 18.8 Å². The Balaban J connectivity index is 1.91. The van der Waals surface area contributed by atoms with Crippen molar-refractivity contribution < 1.29 is 9.53 Å². The van der Waals surface area contributed by atoms with Crippen molar-refractivity contribution in [1.82, 2.24) is 20.1 Å². The number of ether oxygens (including phenoxy) is 1. The molecule has 0 saturated carbocycles. The summed E-state index contributed by atoms with van der Waals surface area (Å²) < 4.78 is 7.13. The molecule has 0 aliphatic carbocycles. The Labute approximate surface area is 136 Å². The number of carbonyl (C=O) groups is 1. The Bertz CT molecular complexity index is 623. The zero-order valence-electron chi connectivity index (χ0n) is 13.5. The summed E-state index contributed by atoms with van der Waals surface area (Å²) >= 11 is 0. The van der Waals surface area contributed by atoms with Crippen molar-refractivity contribution in [2.45, 2.75) is 32.4 Å². The van der Waals surface area contributed by atoms with Crippen LogP contribution in [-0.2, 0) is 9.53 Å². The van der Waals surface area contributed by atoms with Gasteiger partial charge < -0.3 is 10.1 Å². The maximum atomic E-state index is 12.1. The maximum absolute atomic E-state index is 12.1. The number of nitrogens with one attached hydrogen (secondary N) is 1. The molecule has 6 nitrogen and oxygen atoms in total. The second-order valence-corrected chi connectivity index (χ2v) is 5.25. The molecule has 0 saturated heterocycles. The highest BCUT2D eigenvalue weighted by Crippen LogP contribution is 2.15.